The monoisotopic (exact) mass is 280 g/mol. The standard InChI is InChI=1S/C7H18O6SSi.Na/c1-11-15(12-2,13-3)7-5-4-6-14(8,9)10;/h4-7H2,1-3H3,(H,8,9,10);/q;+1/p-1. The van der Waals surface area contributed by atoms with Crippen molar-refractivity contribution >= 4 is 18.9 Å². The molecule has 0 fully saturated rings. The predicted octanol–water partition coefficient (Wildman–Crippen LogP) is -2.81. The number of rotatable bonds is 8. The van der Waals surface area contributed by atoms with E-state index in [0.29, 0.717) is 18.9 Å². The summed E-state index contributed by atoms with van der Waals surface area (Å²) in [6.45, 7) is 0. The van der Waals surface area contributed by atoms with Gasteiger partial charge in [-0.05, 0) is 12.8 Å². The van der Waals surface area contributed by atoms with Gasteiger partial charge >= 0.3 is 38.4 Å². The summed E-state index contributed by atoms with van der Waals surface area (Å²) in [5.74, 6) is -0.353. The van der Waals surface area contributed by atoms with Gasteiger partial charge in [-0.15, -0.1) is 0 Å². The molecular weight excluding hydrogens is 263 g/mol. The molecule has 0 rings (SSSR count). The van der Waals surface area contributed by atoms with Crippen LogP contribution in [0.2, 0.25) is 6.04 Å². The maximum absolute atomic E-state index is 10.3. The van der Waals surface area contributed by atoms with Crippen LogP contribution in [0.5, 0.6) is 0 Å². The summed E-state index contributed by atoms with van der Waals surface area (Å²) in [4.78, 5) is 0. The average Bonchev–Trinajstić information content (AvgIpc) is 2.18. The normalized spacial score (nSPS) is 12.2. The Balaban J connectivity index is 0. The minimum absolute atomic E-state index is 0. The number of hydrogen-bond donors (Lipinski definition) is 0. The first kappa shape index (κ1) is 19.3. The van der Waals surface area contributed by atoms with Crippen LogP contribution in [-0.2, 0) is 23.4 Å². The summed E-state index contributed by atoms with van der Waals surface area (Å²) in [5.41, 5.74) is 0. The molecule has 0 saturated heterocycles. The molecule has 0 N–H and O–H groups in total. The van der Waals surface area contributed by atoms with Crippen molar-refractivity contribution in [2.45, 2.75) is 18.9 Å². The van der Waals surface area contributed by atoms with E-state index < -0.39 is 18.9 Å². The van der Waals surface area contributed by atoms with E-state index in [1.54, 1.807) is 0 Å². The third-order valence-electron chi connectivity index (χ3n) is 2.06. The first-order valence-corrected chi connectivity index (χ1v) is 7.99. The van der Waals surface area contributed by atoms with Crippen molar-refractivity contribution in [1.29, 1.82) is 0 Å². The number of hydrogen-bond acceptors (Lipinski definition) is 6. The first-order valence-electron chi connectivity index (χ1n) is 4.48. The predicted molar refractivity (Wildman–Crippen MR) is 55.4 cm³/mol. The van der Waals surface area contributed by atoms with Crippen LogP contribution in [0.1, 0.15) is 12.8 Å². The average molecular weight is 280 g/mol. The summed E-state index contributed by atoms with van der Waals surface area (Å²) in [6.07, 6.45) is 0.833. The van der Waals surface area contributed by atoms with E-state index in [0.717, 1.165) is 0 Å². The van der Waals surface area contributed by atoms with Crippen molar-refractivity contribution in [3.63, 3.8) is 0 Å². The third kappa shape index (κ3) is 8.15. The van der Waals surface area contributed by atoms with Gasteiger partial charge in [0.05, 0.1) is 10.1 Å². The topological polar surface area (TPSA) is 84.9 Å². The summed E-state index contributed by atoms with van der Waals surface area (Å²) in [6, 6.07) is 0.506. The molecule has 0 aromatic heterocycles. The minimum atomic E-state index is -4.12. The van der Waals surface area contributed by atoms with Crippen LogP contribution < -0.4 is 29.6 Å². The van der Waals surface area contributed by atoms with Gasteiger partial charge in [0.1, 0.15) is 0 Å². The molecule has 0 saturated carbocycles. The summed E-state index contributed by atoms with van der Waals surface area (Å²) in [7, 11) is -2.26. The molecule has 0 radical (unpaired) electrons. The van der Waals surface area contributed by atoms with Crippen LogP contribution in [0, 0.1) is 0 Å². The van der Waals surface area contributed by atoms with Crippen LogP contribution in [-0.4, -0.2) is 48.9 Å². The molecule has 0 bridgehead atoms. The van der Waals surface area contributed by atoms with E-state index in [1.165, 1.54) is 21.3 Å². The van der Waals surface area contributed by atoms with Crippen molar-refractivity contribution in [1.82, 2.24) is 0 Å². The number of unbranched alkanes of at least 4 members (excludes halogenated alkanes) is 1. The molecule has 0 aliphatic heterocycles. The molecule has 16 heavy (non-hydrogen) atoms. The van der Waals surface area contributed by atoms with Gasteiger partial charge in [-0.1, -0.05) is 0 Å². The van der Waals surface area contributed by atoms with Gasteiger partial charge in [0, 0.05) is 33.1 Å². The van der Waals surface area contributed by atoms with Gasteiger partial charge < -0.3 is 17.8 Å². The second-order valence-corrected chi connectivity index (χ2v) is 7.63. The van der Waals surface area contributed by atoms with E-state index in [1.807, 2.05) is 0 Å². The van der Waals surface area contributed by atoms with Crippen LogP contribution in [0.4, 0.5) is 0 Å². The Kier molecular flexibility index (Phi) is 10.9. The van der Waals surface area contributed by atoms with E-state index in [4.69, 9.17) is 13.3 Å². The van der Waals surface area contributed by atoms with Crippen LogP contribution >= 0.6 is 0 Å². The van der Waals surface area contributed by atoms with Gasteiger partial charge in [0.2, 0.25) is 0 Å². The zero-order valence-electron chi connectivity index (χ0n) is 10.2. The molecule has 9 heteroatoms. The molecule has 0 aromatic rings. The van der Waals surface area contributed by atoms with Crippen molar-refractivity contribution in [3.05, 3.63) is 0 Å². The van der Waals surface area contributed by atoms with Gasteiger partial charge in [-0.2, -0.15) is 0 Å². The SMILES string of the molecule is CO[Si](CCCCS(=O)(=O)[O-])(OC)OC.[Na+]. The molecule has 0 heterocycles. The molecule has 0 aromatic carbocycles. The zero-order chi connectivity index (χ0) is 11.9. The Morgan fingerprint density at radius 3 is 1.81 bits per heavy atom. The Labute approximate surface area is 120 Å². The Morgan fingerprint density at radius 2 is 1.50 bits per heavy atom. The van der Waals surface area contributed by atoms with Crippen LogP contribution in [0.3, 0.4) is 0 Å². The van der Waals surface area contributed by atoms with Gasteiger partial charge in [-0.25, -0.2) is 8.42 Å². The summed E-state index contributed by atoms with van der Waals surface area (Å²) >= 11 is 0. The zero-order valence-corrected chi connectivity index (χ0v) is 14.0. The quantitative estimate of drug-likeness (QED) is 0.271. The fourth-order valence-corrected chi connectivity index (χ4v) is 3.53. The molecule has 0 atom stereocenters. The second kappa shape index (κ2) is 9.01. The Bertz CT molecular complexity index is 258. The smallest absolute Gasteiger partial charge is 0.748 e. The van der Waals surface area contributed by atoms with E-state index in [2.05, 4.69) is 0 Å². The largest absolute Gasteiger partial charge is 1.00 e. The van der Waals surface area contributed by atoms with Gasteiger partial charge in [0.15, 0.2) is 0 Å². The van der Waals surface area contributed by atoms with Crippen molar-refractivity contribution in [3.8, 4) is 0 Å². The van der Waals surface area contributed by atoms with Crippen molar-refractivity contribution in [2.24, 2.45) is 0 Å². The van der Waals surface area contributed by atoms with Crippen molar-refractivity contribution < 1.29 is 55.8 Å². The molecule has 0 spiro atoms. The molecule has 6 nitrogen and oxygen atoms in total. The molecule has 0 amide bonds. The fraction of sp³-hybridized carbons (Fsp3) is 1.00. The van der Waals surface area contributed by atoms with Crippen LogP contribution in [0.25, 0.3) is 0 Å². The molecule has 92 valence electrons. The molecule has 0 unspecified atom stereocenters. The van der Waals surface area contributed by atoms with Crippen LogP contribution in [0.15, 0.2) is 0 Å². The summed E-state index contributed by atoms with van der Waals surface area (Å²) < 4.78 is 46.4. The Morgan fingerprint density at radius 1 is 1.06 bits per heavy atom. The maximum Gasteiger partial charge on any atom is 1.00 e. The van der Waals surface area contributed by atoms with E-state index in [9.17, 15) is 13.0 Å². The van der Waals surface area contributed by atoms with Crippen molar-refractivity contribution in [2.75, 3.05) is 27.1 Å². The van der Waals surface area contributed by atoms with E-state index >= 15 is 0 Å². The van der Waals surface area contributed by atoms with E-state index in [-0.39, 0.29) is 35.3 Å². The first-order chi connectivity index (χ1) is 6.89. The summed E-state index contributed by atoms with van der Waals surface area (Å²) in [5, 5.41) is 0. The minimum Gasteiger partial charge on any atom is -0.748 e. The maximum atomic E-state index is 10.3. The second-order valence-electron chi connectivity index (χ2n) is 3.01. The third-order valence-corrected chi connectivity index (χ3v) is 5.68. The van der Waals surface area contributed by atoms with Gasteiger partial charge in [0.25, 0.3) is 0 Å². The fourth-order valence-electron chi connectivity index (χ4n) is 1.18. The molecule has 0 aliphatic carbocycles. The molecular formula is C7H17NaO6SSi. The molecule has 0 aliphatic rings. The Hall–Kier alpha value is 1.01. The van der Waals surface area contributed by atoms with Gasteiger partial charge in [-0.3, -0.25) is 0 Å².